The molecule has 0 aliphatic heterocycles. The van der Waals surface area contributed by atoms with E-state index in [9.17, 15) is 9.59 Å². The van der Waals surface area contributed by atoms with E-state index in [0.29, 0.717) is 17.9 Å². The van der Waals surface area contributed by atoms with Crippen molar-refractivity contribution in [2.24, 2.45) is 0 Å². The lowest BCUT2D eigenvalue weighted by atomic mass is 10.1. The summed E-state index contributed by atoms with van der Waals surface area (Å²) < 4.78 is 5.30. The van der Waals surface area contributed by atoms with Gasteiger partial charge in [-0.25, -0.2) is 0 Å². The van der Waals surface area contributed by atoms with E-state index in [1.54, 1.807) is 36.0 Å². The van der Waals surface area contributed by atoms with E-state index < -0.39 is 0 Å². The number of benzene rings is 2. The van der Waals surface area contributed by atoms with Crippen molar-refractivity contribution in [3.8, 4) is 0 Å². The number of carbonyl (C=O) groups excluding carboxylic acids is 2. The number of carbonyl (C=O) groups is 2. The van der Waals surface area contributed by atoms with Crippen LogP contribution in [-0.2, 0) is 4.79 Å². The molecule has 1 aromatic heterocycles. The van der Waals surface area contributed by atoms with Crippen LogP contribution in [0.5, 0.6) is 0 Å². The van der Waals surface area contributed by atoms with Crippen LogP contribution in [0.1, 0.15) is 21.7 Å². The lowest BCUT2D eigenvalue weighted by Crippen LogP contribution is -2.36. The van der Waals surface area contributed by atoms with E-state index in [2.05, 4.69) is 10.6 Å². The molecule has 2 aromatic carbocycles. The lowest BCUT2D eigenvalue weighted by Gasteiger charge is -2.12. The van der Waals surface area contributed by atoms with Crippen LogP contribution in [0.3, 0.4) is 0 Å². The summed E-state index contributed by atoms with van der Waals surface area (Å²) >= 11 is 1.65. The molecule has 6 heteroatoms. The summed E-state index contributed by atoms with van der Waals surface area (Å²) in [5.41, 5.74) is 1.49. The second-order valence-corrected chi connectivity index (χ2v) is 7.43. The number of nitrogens with one attached hydrogen (secondary N) is 2. The summed E-state index contributed by atoms with van der Waals surface area (Å²) in [5, 5.41) is 5.57. The topological polar surface area (TPSA) is 71.3 Å². The molecule has 0 bridgehead atoms. The average Bonchev–Trinajstić information content (AvgIpc) is 3.25. The summed E-state index contributed by atoms with van der Waals surface area (Å²) in [6.45, 7) is 2.32. The van der Waals surface area contributed by atoms with Crippen molar-refractivity contribution in [2.45, 2.75) is 11.8 Å². The van der Waals surface area contributed by atoms with Gasteiger partial charge in [-0.2, -0.15) is 0 Å². The minimum absolute atomic E-state index is 0.137. The first kappa shape index (κ1) is 20.5. The average molecular weight is 407 g/mol. The molecule has 2 amide bonds. The van der Waals surface area contributed by atoms with Gasteiger partial charge >= 0.3 is 0 Å². The molecule has 0 saturated carbocycles. The van der Waals surface area contributed by atoms with Gasteiger partial charge in [0.15, 0.2) is 0 Å². The number of hydrogen-bond acceptors (Lipinski definition) is 4. The minimum Gasteiger partial charge on any atom is -0.465 e. The molecule has 29 heavy (non-hydrogen) atoms. The summed E-state index contributed by atoms with van der Waals surface area (Å²) in [7, 11) is 0. The molecule has 148 valence electrons. The first-order chi connectivity index (χ1) is 14.1. The van der Waals surface area contributed by atoms with Gasteiger partial charge in [-0.3, -0.25) is 9.59 Å². The van der Waals surface area contributed by atoms with Crippen molar-refractivity contribution in [1.82, 2.24) is 10.6 Å². The van der Waals surface area contributed by atoms with E-state index in [0.717, 1.165) is 16.2 Å². The van der Waals surface area contributed by atoms with Crippen LogP contribution in [0.15, 0.2) is 88.0 Å². The summed E-state index contributed by atoms with van der Waals surface area (Å²) in [5.74, 6) is 0.501. The van der Waals surface area contributed by atoms with E-state index in [4.69, 9.17) is 4.42 Å². The van der Waals surface area contributed by atoms with Gasteiger partial charge in [0.05, 0.1) is 6.26 Å². The molecule has 0 atom stereocenters. The Morgan fingerprint density at radius 1 is 1.00 bits per heavy atom. The molecule has 0 fully saturated rings. The van der Waals surface area contributed by atoms with Crippen LogP contribution in [-0.4, -0.2) is 24.1 Å². The van der Waals surface area contributed by atoms with Gasteiger partial charge < -0.3 is 15.1 Å². The second kappa shape index (κ2) is 10.3. The SMILES string of the molecule is Cc1ccccc1C(=O)N/C(=C\c1ccco1)C(=O)NCCSc1ccccc1. The van der Waals surface area contributed by atoms with Gasteiger partial charge in [0.25, 0.3) is 11.8 Å². The Balaban J connectivity index is 1.64. The molecule has 1 heterocycles. The molecule has 5 nitrogen and oxygen atoms in total. The maximum atomic E-state index is 12.7. The highest BCUT2D eigenvalue weighted by molar-refractivity contribution is 7.99. The number of aryl methyl sites for hydroxylation is 1. The Morgan fingerprint density at radius 3 is 2.48 bits per heavy atom. The van der Waals surface area contributed by atoms with Gasteiger partial charge in [-0.1, -0.05) is 36.4 Å². The van der Waals surface area contributed by atoms with Crippen LogP contribution < -0.4 is 10.6 Å². The number of rotatable bonds is 8. The van der Waals surface area contributed by atoms with Gasteiger partial charge in [-0.15, -0.1) is 11.8 Å². The highest BCUT2D eigenvalue weighted by Crippen LogP contribution is 2.16. The molecule has 2 N–H and O–H groups in total. The molecular weight excluding hydrogens is 384 g/mol. The predicted molar refractivity (Wildman–Crippen MR) is 116 cm³/mol. The molecule has 0 spiro atoms. The maximum Gasteiger partial charge on any atom is 0.267 e. The van der Waals surface area contributed by atoms with Crippen molar-refractivity contribution >= 4 is 29.7 Å². The van der Waals surface area contributed by atoms with E-state index in [1.807, 2.05) is 49.4 Å². The van der Waals surface area contributed by atoms with Crippen LogP contribution >= 0.6 is 11.8 Å². The van der Waals surface area contributed by atoms with Gasteiger partial charge in [-0.05, 0) is 42.8 Å². The Bertz CT molecular complexity index is 982. The fourth-order valence-electron chi connectivity index (χ4n) is 2.64. The third kappa shape index (κ3) is 6.12. The largest absolute Gasteiger partial charge is 0.465 e. The number of hydrogen-bond donors (Lipinski definition) is 2. The fourth-order valence-corrected chi connectivity index (χ4v) is 3.43. The van der Waals surface area contributed by atoms with Crippen LogP contribution in [0.2, 0.25) is 0 Å². The van der Waals surface area contributed by atoms with Crippen molar-refractivity contribution in [2.75, 3.05) is 12.3 Å². The third-order valence-corrected chi connectivity index (χ3v) is 5.13. The normalized spacial score (nSPS) is 11.1. The molecule has 0 unspecified atom stereocenters. The molecule has 0 aliphatic carbocycles. The lowest BCUT2D eigenvalue weighted by molar-refractivity contribution is -0.117. The molecule has 0 aliphatic rings. The standard InChI is InChI=1S/C23H22N2O3S/c1-17-8-5-6-12-20(17)22(26)25-21(16-18-9-7-14-28-18)23(27)24-13-15-29-19-10-3-2-4-11-19/h2-12,14,16H,13,15H2,1H3,(H,24,27)(H,25,26)/b21-16-. The Morgan fingerprint density at radius 2 is 1.76 bits per heavy atom. The highest BCUT2D eigenvalue weighted by Gasteiger charge is 2.16. The quantitative estimate of drug-likeness (QED) is 0.333. The molecular formula is C23H22N2O3S. The number of amides is 2. The highest BCUT2D eigenvalue weighted by atomic mass is 32.2. The Hall–Kier alpha value is -3.25. The van der Waals surface area contributed by atoms with Crippen molar-refractivity contribution in [3.05, 3.63) is 95.6 Å². The summed E-state index contributed by atoms with van der Waals surface area (Å²) in [6.07, 6.45) is 3.04. The summed E-state index contributed by atoms with van der Waals surface area (Å²) in [4.78, 5) is 26.5. The third-order valence-electron chi connectivity index (χ3n) is 4.11. The molecule has 3 aromatic rings. The number of furan rings is 1. The smallest absolute Gasteiger partial charge is 0.267 e. The monoisotopic (exact) mass is 406 g/mol. The minimum atomic E-state index is -0.364. The fraction of sp³-hybridized carbons (Fsp3) is 0.130. The van der Waals surface area contributed by atoms with Crippen LogP contribution in [0.25, 0.3) is 6.08 Å². The van der Waals surface area contributed by atoms with Crippen LogP contribution in [0, 0.1) is 6.92 Å². The zero-order valence-corrected chi connectivity index (χ0v) is 16.9. The van der Waals surface area contributed by atoms with Gasteiger partial charge in [0.1, 0.15) is 11.5 Å². The molecule has 3 rings (SSSR count). The Labute approximate surface area is 174 Å². The first-order valence-corrected chi connectivity index (χ1v) is 10.2. The molecule has 0 radical (unpaired) electrons. The first-order valence-electron chi connectivity index (χ1n) is 9.22. The van der Waals surface area contributed by atoms with Gasteiger partial charge in [0.2, 0.25) is 0 Å². The van der Waals surface area contributed by atoms with Crippen molar-refractivity contribution in [3.63, 3.8) is 0 Å². The predicted octanol–water partition coefficient (Wildman–Crippen LogP) is 4.27. The Kier molecular flexibility index (Phi) is 7.30. The van der Waals surface area contributed by atoms with E-state index >= 15 is 0 Å². The van der Waals surface area contributed by atoms with Gasteiger partial charge in [0, 0.05) is 28.8 Å². The maximum absolute atomic E-state index is 12.7. The summed E-state index contributed by atoms with van der Waals surface area (Å²) in [6, 6.07) is 20.7. The molecule has 0 saturated heterocycles. The van der Waals surface area contributed by atoms with Crippen molar-refractivity contribution < 1.29 is 14.0 Å². The second-order valence-electron chi connectivity index (χ2n) is 6.26. The zero-order chi connectivity index (χ0) is 20.5. The zero-order valence-electron chi connectivity index (χ0n) is 16.1. The van der Waals surface area contributed by atoms with Crippen molar-refractivity contribution in [1.29, 1.82) is 0 Å². The van der Waals surface area contributed by atoms with E-state index in [1.165, 1.54) is 12.3 Å². The van der Waals surface area contributed by atoms with Crippen LogP contribution in [0.4, 0.5) is 0 Å². The van der Waals surface area contributed by atoms with E-state index in [-0.39, 0.29) is 17.5 Å². The number of thioether (sulfide) groups is 1.